The molecule has 32 heavy (non-hydrogen) atoms. The fourth-order valence-corrected chi connectivity index (χ4v) is 4.16. The lowest BCUT2D eigenvalue weighted by molar-refractivity contribution is -0.139. The van der Waals surface area contributed by atoms with E-state index in [-0.39, 0.29) is 6.54 Å². The van der Waals surface area contributed by atoms with Gasteiger partial charge < -0.3 is 10.4 Å². The molecule has 1 aromatic heterocycles. The number of tetrazole rings is 1. The molecule has 2 aromatic carbocycles. The van der Waals surface area contributed by atoms with Gasteiger partial charge in [0.05, 0.1) is 6.42 Å². The molecule has 0 aliphatic rings. The summed E-state index contributed by atoms with van der Waals surface area (Å²) in [5.41, 5.74) is 1.09. The summed E-state index contributed by atoms with van der Waals surface area (Å²) in [6, 6.07) is 17.9. The monoisotopic (exact) mass is 471 g/mol. The molecular weight excluding hydrogens is 450 g/mol. The average Bonchev–Trinajstić information content (AvgIpc) is 3.21. The van der Waals surface area contributed by atoms with Crippen molar-refractivity contribution in [2.75, 3.05) is 5.75 Å². The van der Waals surface area contributed by atoms with Crippen LogP contribution in [0.15, 0.2) is 70.7 Å². The van der Waals surface area contributed by atoms with Crippen LogP contribution in [0.3, 0.4) is 0 Å². The van der Waals surface area contributed by atoms with Crippen molar-refractivity contribution in [1.29, 1.82) is 0 Å². The second kappa shape index (κ2) is 12.0. The summed E-state index contributed by atoms with van der Waals surface area (Å²) < 4.78 is 0. The number of nitrogens with zero attached hydrogens (tertiary/aromatic N) is 4. The van der Waals surface area contributed by atoms with Crippen LogP contribution < -0.4 is 5.32 Å². The van der Waals surface area contributed by atoms with Crippen molar-refractivity contribution in [2.24, 2.45) is 0 Å². The highest BCUT2D eigenvalue weighted by Gasteiger charge is 2.25. The van der Waals surface area contributed by atoms with Crippen molar-refractivity contribution in [1.82, 2.24) is 25.5 Å². The molecule has 1 atom stereocenters. The molecule has 3 aromatic rings. The lowest BCUT2D eigenvalue weighted by Gasteiger charge is -2.15. The topological polar surface area (TPSA) is 127 Å². The maximum Gasteiger partial charge on any atom is 0.305 e. The predicted molar refractivity (Wildman–Crippen MR) is 121 cm³/mol. The van der Waals surface area contributed by atoms with Crippen LogP contribution in [-0.2, 0) is 22.6 Å². The maximum atomic E-state index is 12.6. The van der Waals surface area contributed by atoms with Crippen molar-refractivity contribution in [2.45, 2.75) is 35.5 Å². The van der Waals surface area contributed by atoms with E-state index >= 15 is 0 Å². The molecule has 2 N–H and O–H groups in total. The minimum absolute atomic E-state index is 0.296. The Labute approximate surface area is 193 Å². The molecule has 0 saturated heterocycles. The van der Waals surface area contributed by atoms with Gasteiger partial charge in [0.2, 0.25) is 5.16 Å². The second-order valence-corrected chi connectivity index (χ2v) is 8.76. The van der Waals surface area contributed by atoms with Gasteiger partial charge in [-0.25, -0.2) is 0 Å². The van der Waals surface area contributed by atoms with Crippen LogP contribution in [0.2, 0.25) is 0 Å². The molecular formula is C21H21N5O4S2. The van der Waals surface area contributed by atoms with Gasteiger partial charge in [0, 0.05) is 10.6 Å². The molecule has 0 fully saturated rings. The van der Waals surface area contributed by atoms with Gasteiger partial charge in [0.15, 0.2) is 5.78 Å². The van der Waals surface area contributed by atoms with Gasteiger partial charge in [-0.3, -0.25) is 14.4 Å². The zero-order valence-electron chi connectivity index (χ0n) is 17.0. The van der Waals surface area contributed by atoms with Crippen LogP contribution in [-0.4, -0.2) is 54.1 Å². The van der Waals surface area contributed by atoms with E-state index in [9.17, 15) is 14.4 Å². The van der Waals surface area contributed by atoms with Gasteiger partial charge in [-0.1, -0.05) is 60.3 Å². The summed E-state index contributed by atoms with van der Waals surface area (Å²) in [7, 11) is 0. The van der Waals surface area contributed by atoms with Crippen LogP contribution in [0.25, 0.3) is 0 Å². The number of amides is 1. The lowest BCUT2D eigenvalue weighted by Crippen LogP contribution is -2.42. The van der Waals surface area contributed by atoms with Gasteiger partial charge in [-0.15, -0.1) is 10.2 Å². The predicted octanol–water partition coefficient (Wildman–Crippen LogP) is 2.92. The van der Waals surface area contributed by atoms with Crippen molar-refractivity contribution in [3.8, 4) is 0 Å². The van der Waals surface area contributed by atoms with E-state index < -0.39 is 29.5 Å². The first-order chi connectivity index (χ1) is 15.5. The number of Topliss-reactive ketones (excluding diaryl/α,β-unsaturated/α-hetero) is 1. The number of hydrogen-bond donors (Lipinski definition) is 2. The first-order valence-electron chi connectivity index (χ1n) is 9.72. The fourth-order valence-electron chi connectivity index (χ4n) is 2.69. The molecule has 1 amide bonds. The molecule has 0 bridgehead atoms. The Morgan fingerprint density at radius 2 is 1.72 bits per heavy atom. The average molecular weight is 472 g/mol. The van der Waals surface area contributed by atoms with E-state index in [4.69, 9.17) is 5.11 Å². The minimum atomic E-state index is -1.19. The molecule has 0 aliphatic heterocycles. The summed E-state index contributed by atoms with van der Waals surface area (Å²) >= 11 is 2.30. The van der Waals surface area contributed by atoms with E-state index in [1.54, 1.807) is 0 Å². The molecule has 11 heteroatoms. The highest BCUT2D eigenvalue weighted by molar-refractivity contribution is 8.13. The highest BCUT2D eigenvalue weighted by Crippen LogP contribution is 2.22. The Morgan fingerprint density at radius 1 is 1.03 bits per heavy atom. The Balaban J connectivity index is 1.52. The quantitative estimate of drug-likeness (QED) is 0.434. The zero-order valence-corrected chi connectivity index (χ0v) is 18.6. The van der Waals surface area contributed by atoms with E-state index in [0.29, 0.717) is 17.3 Å². The smallest absolute Gasteiger partial charge is 0.305 e. The van der Waals surface area contributed by atoms with E-state index in [0.717, 1.165) is 27.0 Å². The number of carbonyl (C=O) groups is 3. The first-order valence-corrected chi connectivity index (χ1v) is 11.5. The minimum Gasteiger partial charge on any atom is -0.481 e. The van der Waals surface area contributed by atoms with Crippen LogP contribution in [0.4, 0.5) is 4.79 Å². The molecule has 3 rings (SSSR count). The fraction of sp³-hybridized carbons (Fsp3) is 0.238. The number of carboxylic acid groups (broad SMARTS) is 1. The van der Waals surface area contributed by atoms with Crippen LogP contribution in [0, 0.1) is 0 Å². The molecule has 0 aliphatic carbocycles. The third-order valence-corrected chi connectivity index (χ3v) is 5.85. The Bertz CT molecular complexity index is 1050. The van der Waals surface area contributed by atoms with Crippen molar-refractivity contribution in [3.05, 3.63) is 66.2 Å². The summed E-state index contributed by atoms with van der Waals surface area (Å²) in [6.07, 6.45) is 0.158. The van der Waals surface area contributed by atoms with Crippen molar-refractivity contribution in [3.63, 3.8) is 0 Å². The Kier molecular flexibility index (Phi) is 8.81. The van der Waals surface area contributed by atoms with E-state index in [1.165, 1.54) is 11.8 Å². The summed E-state index contributed by atoms with van der Waals surface area (Å²) in [5, 5.41) is 23.4. The number of aliphatic carboxylic acids is 1. The maximum absolute atomic E-state index is 12.6. The number of hydrogen-bond acceptors (Lipinski definition) is 8. The highest BCUT2D eigenvalue weighted by atomic mass is 32.2. The van der Waals surface area contributed by atoms with E-state index in [1.807, 2.05) is 60.7 Å². The summed E-state index contributed by atoms with van der Waals surface area (Å²) in [5.74, 6) is -1.20. The lowest BCUT2D eigenvalue weighted by atomic mass is 10.1. The molecule has 1 unspecified atom stereocenters. The largest absolute Gasteiger partial charge is 0.481 e. The number of aryl methyl sites for hydroxylation is 1. The van der Waals surface area contributed by atoms with Gasteiger partial charge in [-0.05, 0) is 41.1 Å². The Hall–Kier alpha value is -3.18. The third-order valence-electron chi connectivity index (χ3n) is 4.21. The number of aromatic nitrogens is 4. The standard InChI is InChI=1S/C21H21N5O4S2/c27-18(14-26-24-20(23-25-26)32-16-9-5-2-6-10-16)17(13-19(28)29)22-21(30)31-12-11-15-7-3-1-4-8-15/h1-10,17H,11-14H2,(H,22,30)(H,28,29). The Morgan fingerprint density at radius 3 is 2.41 bits per heavy atom. The number of thioether (sulfide) groups is 1. The molecule has 0 saturated carbocycles. The van der Waals surface area contributed by atoms with Crippen LogP contribution in [0.1, 0.15) is 12.0 Å². The number of rotatable bonds is 11. The van der Waals surface area contributed by atoms with Crippen molar-refractivity contribution < 1.29 is 19.5 Å². The van der Waals surface area contributed by atoms with Crippen molar-refractivity contribution >= 4 is 40.5 Å². The second-order valence-electron chi connectivity index (χ2n) is 6.65. The van der Waals surface area contributed by atoms with Gasteiger partial charge in [-0.2, -0.15) is 4.80 Å². The number of benzene rings is 2. The SMILES string of the molecule is O=C(O)CC(NC(=O)SCCc1ccccc1)C(=O)Cn1nnc(Sc2ccccc2)n1. The zero-order chi connectivity index (χ0) is 22.8. The van der Waals surface area contributed by atoms with Crippen LogP contribution in [0.5, 0.6) is 0 Å². The molecule has 166 valence electrons. The van der Waals surface area contributed by atoms with Gasteiger partial charge in [0.25, 0.3) is 5.24 Å². The van der Waals surface area contributed by atoms with Gasteiger partial charge in [0.1, 0.15) is 12.6 Å². The molecule has 0 radical (unpaired) electrons. The summed E-state index contributed by atoms with van der Waals surface area (Å²) in [6.45, 7) is -0.296. The number of carboxylic acids is 1. The first kappa shape index (κ1) is 23.5. The number of nitrogens with one attached hydrogen (secondary N) is 1. The number of ketones is 1. The molecule has 1 heterocycles. The normalized spacial score (nSPS) is 11.6. The third kappa shape index (κ3) is 7.82. The number of carbonyl (C=O) groups excluding carboxylic acids is 2. The summed E-state index contributed by atoms with van der Waals surface area (Å²) in [4.78, 5) is 38.1. The molecule has 9 nitrogen and oxygen atoms in total. The van der Waals surface area contributed by atoms with E-state index in [2.05, 4.69) is 20.7 Å². The molecule has 0 spiro atoms. The van der Waals surface area contributed by atoms with Gasteiger partial charge >= 0.3 is 5.97 Å². The van der Waals surface area contributed by atoms with Crippen LogP contribution >= 0.6 is 23.5 Å².